The molecule has 1 amide bonds. The Balaban J connectivity index is 1.67. The van der Waals surface area contributed by atoms with Gasteiger partial charge in [-0.2, -0.15) is 0 Å². The van der Waals surface area contributed by atoms with Crippen molar-refractivity contribution in [1.82, 2.24) is 4.72 Å². The van der Waals surface area contributed by atoms with E-state index in [0.717, 1.165) is 0 Å². The van der Waals surface area contributed by atoms with Crippen LogP contribution in [0.2, 0.25) is 0 Å². The van der Waals surface area contributed by atoms with Gasteiger partial charge < -0.3 is 10.1 Å². The molecule has 180 valence electrons. The van der Waals surface area contributed by atoms with Gasteiger partial charge in [0.1, 0.15) is 5.75 Å². The summed E-state index contributed by atoms with van der Waals surface area (Å²) in [6.45, 7) is 3.06. The van der Waals surface area contributed by atoms with E-state index in [-0.39, 0.29) is 16.4 Å². The molecule has 0 aliphatic carbocycles. The van der Waals surface area contributed by atoms with Crippen molar-refractivity contribution in [3.8, 4) is 5.75 Å². The van der Waals surface area contributed by atoms with Crippen LogP contribution in [0.4, 0.5) is 11.4 Å². The van der Waals surface area contributed by atoms with Gasteiger partial charge in [-0.05, 0) is 74.5 Å². The van der Waals surface area contributed by atoms with Crippen molar-refractivity contribution in [2.45, 2.75) is 23.6 Å². The lowest BCUT2D eigenvalue weighted by Crippen LogP contribution is -2.22. The number of carbonyl (C=O) groups excluding carboxylic acids is 1. The number of benzene rings is 3. The third-order valence-corrected chi connectivity index (χ3v) is 7.69. The number of ether oxygens (including phenoxy) is 1. The molecule has 0 aliphatic heterocycles. The molecule has 34 heavy (non-hydrogen) atoms. The van der Waals surface area contributed by atoms with Gasteiger partial charge in [0.25, 0.3) is 15.9 Å². The maximum absolute atomic E-state index is 12.6. The topological polar surface area (TPSA) is 131 Å². The quantitative estimate of drug-likeness (QED) is 0.411. The third kappa shape index (κ3) is 6.13. The van der Waals surface area contributed by atoms with Crippen molar-refractivity contribution in [3.63, 3.8) is 0 Å². The van der Waals surface area contributed by atoms with Gasteiger partial charge in [-0.1, -0.05) is 24.3 Å². The number of anilines is 2. The molecule has 3 aromatic carbocycles. The first-order valence-electron chi connectivity index (χ1n) is 10.2. The molecule has 0 saturated heterocycles. The molecule has 3 N–H and O–H groups in total. The van der Waals surface area contributed by atoms with Crippen LogP contribution in [0.25, 0.3) is 0 Å². The molecule has 0 aliphatic rings. The molecule has 3 rings (SSSR count). The van der Waals surface area contributed by atoms with Gasteiger partial charge in [-0.3, -0.25) is 9.52 Å². The second-order valence-electron chi connectivity index (χ2n) is 7.42. The van der Waals surface area contributed by atoms with E-state index in [9.17, 15) is 21.6 Å². The molecule has 0 aromatic heterocycles. The van der Waals surface area contributed by atoms with E-state index in [4.69, 9.17) is 4.74 Å². The summed E-state index contributed by atoms with van der Waals surface area (Å²) in [6, 6.07) is 17.2. The predicted octanol–water partition coefficient (Wildman–Crippen LogP) is 3.03. The Hall–Kier alpha value is -3.41. The number of sulfonamides is 2. The van der Waals surface area contributed by atoms with Gasteiger partial charge in [0.05, 0.1) is 9.79 Å². The Kier molecular flexibility index (Phi) is 7.60. The van der Waals surface area contributed by atoms with Crippen LogP contribution in [0.5, 0.6) is 5.75 Å². The summed E-state index contributed by atoms with van der Waals surface area (Å²) in [7, 11) is -6.14. The predicted molar refractivity (Wildman–Crippen MR) is 130 cm³/mol. The highest BCUT2D eigenvalue weighted by molar-refractivity contribution is 7.92. The lowest BCUT2D eigenvalue weighted by molar-refractivity contribution is -0.118. The number of nitrogens with one attached hydrogen (secondary N) is 3. The molecule has 0 radical (unpaired) electrons. The second kappa shape index (κ2) is 10.2. The minimum atomic E-state index is -3.79. The Morgan fingerprint density at radius 1 is 0.824 bits per heavy atom. The van der Waals surface area contributed by atoms with Crippen molar-refractivity contribution < 1.29 is 26.4 Å². The van der Waals surface area contributed by atoms with Gasteiger partial charge in [0, 0.05) is 11.4 Å². The van der Waals surface area contributed by atoms with E-state index in [1.54, 1.807) is 50.2 Å². The standard InChI is InChI=1S/C23H25N3O6S2/c1-16-9-10-20(33(28,29)24-3)14-21(16)25-23(27)15-32-22-12-11-19(13-17(22)2)34(30,31)26-18-7-5-4-6-8-18/h4-14,24,26H,15H2,1-3H3,(H,25,27). The zero-order chi connectivity index (χ0) is 24.9. The summed E-state index contributed by atoms with van der Waals surface area (Å²) in [6.07, 6.45) is 0. The van der Waals surface area contributed by atoms with Gasteiger partial charge in [-0.25, -0.2) is 21.6 Å². The van der Waals surface area contributed by atoms with Crippen LogP contribution in [0.3, 0.4) is 0 Å². The molecule has 0 saturated carbocycles. The van der Waals surface area contributed by atoms with Crippen molar-refractivity contribution in [1.29, 1.82) is 0 Å². The van der Waals surface area contributed by atoms with E-state index in [1.807, 2.05) is 0 Å². The first-order chi connectivity index (χ1) is 16.0. The molecule has 9 nitrogen and oxygen atoms in total. The van der Waals surface area contributed by atoms with Gasteiger partial charge >= 0.3 is 0 Å². The Morgan fingerprint density at radius 2 is 1.47 bits per heavy atom. The number of hydrogen-bond donors (Lipinski definition) is 3. The highest BCUT2D eigenvalue weighted by Gasteiger charge is 2.17. The molecule has 11 heteroatoms. The van der Waals surface area contributed by atoms with Gasteiger partial charge in [0.2, 0.25) is 10.0 Å². The first-order valence-corrected chi connectivity index (χ1v) is 13.1. The fourth-order valence-electron chi connectivity index (χ4n) is 3.02. The molecule has 0 atom stereocenters. The average Bonchev–Trinajstić information content (AvgIpc) is 2.80. The van der Waals surface area contributed by atoms with E-state index in [0.29, 0.717) is 28.3 Å². The summed E-state index contributed by atoms with van der Waals surface area (Å²) in [4.78, 5) is 12.5. The SMILES string of the molecule is CNS(=O)(=O)c1ccc(C)c(NC(=O)COc2ccc(S(=O)(=O)Nc3ccccc3)cc2C)c1. The van der Waals surface area contributed by atoms with Crippen LogP contribution in [0.1, 0.15) is 11.1 Å². The summed E-state index contributed by atoms with van der Waals surface area (Å²) in [5.74, 6) is -0.152. The molecule has 0 spiro atoms. The Morgan fingerprint density at radius 3 is 2.12 bits per heavy atom. The maximum atomic E-state index is 12.6. The van der Waals surface area contributed by atoms with Crippen LogP contribution in [-0.2, 0) is 24.8 Å². The van der Waals surface area contributed by atoms with Crippen molar-refractivity contribution in [2.75, 3.05) is 23.7 Å². The lowest BCUT2D eigenvalue weighted by Gasteiger charge is -2.13. The van der Waals surface area contributed by atoms with Gasteiger partial charge in [-0.15, -0.1) is 0 Å². The summed E-state index contributed by atoms with van der Waals surface area (Å²) in [5.41, 5.74) is 2.00. The van der Waals surface area contributed by atoms with E-state index >= 15 is 0 Å². The van der Waals surface area contributed by atoms with Crippen LogP contribution in [0, 0.1) is 13.8 Å². The van der Waals surface area contributed by atoms with E-state index in [2.05, 4.69) is 14.8 Å². The van der Waals surface area contributed by atoms with Crippen molar-refractivity contribution in [3.05, 3.63) is 77.9 Å². The number of amides is 1. The van der Waals surface area contributed by atoms with E-state index < -0.39 is 26.0 Å². The molecule has 0 fully saturated rings. The number of carbonyl (C=O) groups is 1. The Bertz CT molecular complexity index is 1410. The van der Waals surface area contributed by atoms with Crippen LogP contribution in [-0.4, -0.2) is 36.4 Å². The number of aryl methyl sites for hydroxylation is 2. The molecule has 0 bridgehead atoms. The monoisotopic (exact) mass is 503 g/mol. The fourth-order valence-corrected chi connectivity index (χ4v) is 4.92. The third-order valence-electron chi connectivity index (χ3n) is 4.90. The maximum Gasteiger partial charge on any atom is 0.262 e. The first kappa shape index (κ1) is 25.2. The molecule has 3 aromatic rings. The van der Waals surface area contributed by atoms with Crippen molar-refractivity contribution in [2.24, 2.45) is 0 Å². The van der Waals surface area contributed by atoms with Crippen LogP contribution in [0.15, 0.2) is 76.5 Å². The molecule has 0 heterocycles. The zero-order valence-corrected chi connectivity index (χ0v) is 20.5. The van der Waals surface area contributed by atoms with Gasteiger partial charge in [0.15, 0.2) is 6.61 Å². The fraction of sp³-hybridized carbons (Fsp3) is 0.174. The number of hydrogen-bond acceptors (Lipinski definition) is 6. The average molecular weight is 504 g/mol. The zero-order valence-electron chi connectivity index (χ0n) is 18.8. The minimum Gasteiger partial charge on any atom is -0.483 e. The summed E-state index contributed by atoms with van der Waals surface area (Å²) < 4.78 is 59.5. The van der Waals surface area contributed by atoms with Crippen LogP contribution >= 0.6 is 0 Å². The summed E-state index contributed by atoms with van der Waals surface area (Å²) >= 11 is 0. The smallest absolute Gasteiger partial charge is 0.262 e. The molecule has 0 unspecified atom stereocenters. The van der Waals surface area contributed by atoms with Crippen molar-refractivity contribution >= 4 is 37.3 Å². The summed E-state index contributed by atoms with van der Waals surface area (Å²) in [5, 5.41) is 2.64. The Labute approximate surface area is 199 Å². The largest absolute Gasteiger partial charge is 0.483 e. The molecular formula is C23H25N3O6S2. The van der Waals surface area contributed by atoms with Crippen LogP contribution < -0.4 is 19.5 Å². The molecular weight excluding hydrogens is 478 g/mol. The lowest BCUT2D eigenvalue weighted by atomic mass is 10.2. The highest BCUT2D eigenvalue weighted by Crippen LogP contribution is 2.24. The minimum absolute atomic E-state index is 0.0218. The number of rotatable bonds is 9. The second-order valence-corrected chi connectivity index (χ2v) is 11.0. The normalized spacial score (nSPS) is 11.6. The number of para-hydroxylation sites is 1. The highest BCUT2D eigenvalue weighted by atomic mass is 32.2. The van der Waals surface area contributed by atoms with E-state index in [1.165, 1.54) is 37.4 Å².